The van der Waals surface area contributed by atoms with Crippen LogP contribution < -0.4 is 0 Å². The molecule has 1 fully saturated rings. The third kappa shape index (κ3) is 3.39. The smallest absolute Gasteiger partial charge is 0.207 e. The molecule has 1 aliphatic heterocycles. The zero-order valence-electron chi connectivity index (χ0n) is 14.4. The van der Waals surface area contributed by atoms with Crippen LogP contribution in [0.25, 0.3) is 10.8 Å². The molecule has 0 radical (unpaired) electrons. The first-order valence-electron chi connectivity index (χ1n) is 8.81. The summed E-state index contributed by atoms with van der Waals surface area (Å²) in [7, 11) is -3.50. The Bertz CT molecular complexity index is 997. The van der Waals surface area contributed by atoms with Gasteiger partial charge >= 0.3 is 0 Å². The fourth-order valence-corrected chi connectivity index (χ4v) is 6.50. The van der Waals surface area contributed by atoms with Crippen molar-refractivity contribution in [1.82, 2.24) is 4.31 Å². The molecule has 4 rings (SSSR count). The van der Waals surface area contributed by atoms with Crippen molar-refractivity contribution in [3.05, 3.63) is 78.4 Å². The fourth-order valence-electron chi connectivity index (χ4n) is 3.48. The summed E-state index contributed by atoms with van der Waals surface area (Å²) in [6.45, 7) is 1.11. The summed E-state index contributed by atoms with van der Waals surface area (Å²) in [4.78, 5) is 0.416. The van der Waals surface area contributed by atoms with E-state index in [9.17, 15) is 8.42 Å². The number of hydrogen-bond acceptors (Lipinski definition) is 3. The monoisotopic (exact) mass is 383 g/mol. The summed E-state index contributed by atoms with van der Waals surface area (Å²) in [6.07, 6.45) is 0.832. The van der Waals surface area contributed by atoms with Crippen molar-refractivity contribution in [2.24, 2.45) is 0 Å². The molecule has 0 N–H and O–H groups in total. The van der Waals surface area contributed by atoms with Gasteiger partial charge in [0.1, 0.15) is 0 Å². The average molecular weight is 384 g/mol. The number of fused-ring (bicyclic) bond motifs is 1. The van der Waals surface area contributed by atoms with Crippen LogP contribution in [0.2, 0.25) is 0 Å². The lowest BCUT2D eigenvalue weighted by atomic mass is 10.1. The van der Waals surface area contributed by atoms with Crippen LogP contribution >= 0.6 is 11.8 Å². The number of benzene rings is 3. The van der Waals surface area contributed by atoms with Gasteiger partial charge in [-0.25, -0.2) is 8.42 Å². The number of hydrogen-bond donors (Lipinski definition) is 0. The minimum atomic E-state index is -3.50. The van der Waals surface area contributed by atoms with Crippen molar-refractivity contribution in [1.29, 1.82) is 0 Å². The van der Waals surface area contributed by atoms with Gasteiger partial charge < -0.3 is 0 Å². The van der Waals surface area contributed by atoms with Crippen LogP contribution in [0.5, 0.6) is 0 Å². The van der Waals surface area contributed by atoms with Gasteiger partial charge in [0.05, 0.1) is 4.90 Å². The van der Waals surface area contributed by atoms with E-state index in [2.05, 4.69) is 12.1 Å². The lowest BCUT2D eigenvalue weighted by Crippen LogP contribution is -2.33. The normalized spacial score (nSPS) is 19.3. The Kier molecular flexibility index (Phi) is 5.02. The number of rotatable bonds is 3. The molecule has 5 heteroatoms. The van der Waals surface area contributed by atoms with E-state index >= 15 is 0 Å². The molecule has 3 aromatic rings. The summed E-state index contributed by atoms with van der Waals surface area (Å²) in [5, 5.41) is 2.11. The zero-order valence-corrected chi connectivity index (χ0v) is 16.0. The molecule has 1 saturated heterocycles. The highest BCUT2D eigenvalue weighted by Crippen LogP contribution is 2.36. The van der Waals surface area contributed by atoms with E-state index in [1.54, 1.807) is 10.4 Å². The molecule has 3 aromatic carbocycles. The van der Waals surface area contributed by atoms with Gasteiger partial charge in [-0.2, -0.15) is 16.1 Å². The van der Waals surface area contributed by atoms with E-state index in [0.717, 1.165) is 22.9 Å². The summed E-state index contributed by atoms with van der Waals surface area (Å²) in [6, 6.07) is 23.6. The maximum Gasteiger partial charge on any atom is 0.243 e. The van der Waals surface area contributed by atoms with Crippen LogP contribution in [0.3, 0.4) is 0 Å². The summed E-state index contributed by atoms with van der Waals surface area (Å²) >= 11 is 1.85. The van der Waals surface area contributed by atoms with Crippen molar-refractivity contribution >= 4 is 32.6 Å². The first-order chi connectivity index (χ1) is 12.7. The van der Waals surface area contributed by atoms with Gasteiger partial charge in [0.25, 0.3) is 0 Å². The van der Waals surface area contributed by atoms with E-state index in [1.807, 2.05) is 66.4 Å². The van der Waals surface area contributed by atoms with Crippen LogP contribution in [-0.4, -0.2) is 31.6 Å². The first kappa shape index (κ1) is 17.6. The maximum atomic E-state index is 13.3. The molecule has 1 atom stereocenters. The highest BCUT2D eigenvalue weighted by molar-refractivity contribution is 7.99. The van der Waals surface area contributed by atoms with Gasteiger partial charge in [-0.1, -0.05) is 66.7 Å². The standard InChI is InChI=1S/C21H21NO2S2/c23-26(24,21-12-6-10-17-7-4-5-11-19(17)21)22-14-13-20(25-16-15-22)18-8-2-1-3-9-18/h1-12,20H,13-16H2/t20-/m1/s1. The minimum absolute atomic E-state index is 0.351. The highest BCUT2D eigenvalue weighted by Gasteiger charge is 2.29. The molecule has 0 unspecified atom stereocenters. The third-order valence-corrected chi connectivity index (χ3v) is 8.12. The highest BCUT2D eigenvalue weighted by atomic mass is 32.2. The zero-order chi connectivity index (χ0) is 18.0. The minimum Gasteiger partial charge on any atom is -0.207 e. The fraction of sp³-hybridized carbons (Fsp3) is 0.238. The van der Waals surface area contributed by atoms with Gasteiger partial charge in [-0.3, -0.25) is 0 Å². The maximum absolute atomic E-state index is 13.3. The van der Waals surface area contributed by atoms with Gasteiger partial charge in [-0.05, 0) is 23.4 Å². The van der Waals surface area contributed by atoms with E-state index < -0.39 is 10.0 Å². The lowest BCUT2D eigenvalue weighted by Gasteiger charge is -2.21. The molecule has 134 valence electrons. The van der Waals surface area contributed by atoms with Gasteiger partial charge in [0.15, 0.2) is 0 Å². The van der Waals surface area contributed by atoms with Crippen LogP contribution in [0.1, 0.15) is 17.2 Å². The molecule has 0 aromatic heterocycles. The van der Waals surface area contributed by atoms with Crippen molar-refractivity contribution in [3.63, 3.8) is 0 Å². The topological polar surface area (TPSA) is 37.4 Å². The van der Waals surface area contributed by atoms with Crippen molar-refractivity contribution in [2.45, 2.75) is 16.6 Å². The van der Waals surface area contributed by atoms with Crippen LogP contribution in [0.4, 0.5) is 0 Å². The molecular formula is C21H21NO2S2. The SMILES string of the molecule is O=S(=O)(c1cccc2ccccc12)N1CCS[C@@H](c2ccccc2)CC1. The Hall–Kier alpha value is -1.82. The summed E-state index contributed by atoms with van der Waals surface area (Å²) < 4.78 is 28.3. The largest absolute Gasteiger partial charge is 0.243 e. The number of nitrogens with zero attached hydrogens (tertiary/aromatic N) is 1. The van der Waals surface area contributed by atoms with E-state index in [0.29, 0.717) is 23.2 Å². The summed E-state index contributed by atoms with van der Waals surface area (Å²) in [5.74, 6) is 0.809. The molecule has 3 nitrogen and oxygen atoms in total. The Labute approximate surface area is 159 Å². The second-order valence-electron chi connectivity index (χ2n) is 6.44. The Morgan fingerprint density at radius 3 is 2.42 bits per heavy atom. The lowest BCUT2D eigenvalue weighted by molar-refractivity contribution is 0.428. The number of thioether (sulfide) groups is 1. The Morgan fingerprint density at radius 2 is 1.58 bits per heavy atom. The second-order valence-corrected chi connectivity index (χ2v) is 9.66. The molecule has 1 aliphatic rings. The second kappa shape index (κ2) is 7.43. The van der Waals surface area contributed by atoms with Gasteiger partial charge in [-0.15, -0.1) is 0 Å². The predicted octanol–water partition coefficient (Wildman–Crippen LogP) is 4.71. The molecule has 0 bridgehead atoms. The van der Waals surface area contributed by atoms with E-state index in [-0.39, 0.29) is 0 Å². The van der Waals surface area contributed by atoms with E-state index in [1.165, 1.54) is 5.56 Å². The van der Waals surface area contributed by atoms with Crippen molar-refractivity contribution in [3.8, 4) is 0 Å². The quantitative estimate of drug-likeness (QED) is 0.657. The molecule has 0 saturated carbocycles. The van der Waals surface area contributed by atoms with Gasteiger partial charge in [0, 0.05) is 29.5 Å². The van der Waals surface area contributed by atoms with Crippen LogP contribution in [0, 0.1) is 0 Å². The molecule has 26 heavy (non-hydrogen) atoms. The molecule has 0 aliphatic carbocycles. The molecule has 0 spiro atoms. The van der Waals surface area contributed by atoms with Crippen molar-refractivity contribution in [2.75, 3.05) is 18.8 Å². The summed E-state index contributed by atoms with van der Waals surface area (Å²) in [5.41, 5.74) is 1.28. The molecular weight excluding hydrogens is 362 g/mol. The number of sulfonamides is 1. The third-order valence-electron chi connectivity index (χ3n) is 4.84. The molecule has 1 heterocycles. The van der Waals surface area contributed by atoms with Gasteiger partial charge in [0.2, 0.25) is 10.0 Å². The molecule has 0 amide bonds. The van der Waals surface area contributed by atoms with Crippen molar-refractivity contribution < 1.29 is 8.42 Å². The van der Waals surface area contributed by atoms with Crippen LogP contribution in [0.15, 0.2) is 77.7 Å². The Morgan fingerprint density at radius 1 is 0.846 bits per heavy atom. The predicted molar refractivity (Wildman–Crippen MR) is 109 cm³/mol. The Balaban J connectivity index is 1.62. The average Bonchev–Trinajstić information content (AvgIpc) is 2.95. The van der Waals surface area contributed by atoms with E-state index in [4.69, 9.17) is 0 Å². The first-order valence-corrected chi connectivity index (χ1v) is 11.3. The van der Waals surface area contributed by atoms with Crippen LogP contribution in [-0.2, 0) is 10.0 Å².